The Bertz CT molecular complexity index is 688. The van der Waals surface area contributed by atoms with Gasteiger partial charge in [0.05, 0.1) is 17.7 Å². The second kappa shape index (κ2) is 5.92. The van der Waals surface area contributed by atoms with Crippen molar-refractivity contribution in [2.75, 3.05) is 7.05 Å². The lowest BCUT2D eigenvalue weighted by molar-refractivity contribution is 0.406. The van der Waals surface area contributed by atoms with Gasteiger partial charge in [0.2, 0.25) is 10.0 Å². The zero-order valence-corrected chi connectivity index (χ0v) is 13.4. The minimum atomic E-state index is -3.46. The lowest BCUT2D eigenvalue weighted by atomic mass is 10.4. The summed E-state index contributed by atoms with van der Waals surface area (Å²) in [6.45, 7) is 0.980. The highest BCUT2D eigenvalue weighted by atomic mass is 32.2. The maximum absolute atomic E-state index is 12.5. The summed E-state index contributed by atoms with van der Waals surface area (Å²) < 4.78 is 31.5. The molecule has 0 bridgehead atoms. The van der Waals surface area contributed by atoms with Gasteiger partial charge in [-0.05, 0) is 31.0 Å². The van der Waals surface area contributed by atoms with E-state index in [1.54, 1.807) is 36.9 Å². The third kappa shape index (κ3) is 3.55. The number of sulfonamides is 1. The van der Waals surface area contributed by atoms with Gasteiger partial charge in [-0.15, -0.1) is 11.3 Å². The van der Waals surface area contributed by atoms with Crippen LogP contribution in [-0.4, -0.2) is 25.8 Å². The van der Waals surface area contributed by atoms with E-state index in [2.05, 4.69) is 5.32 Å². The van der Waals surface area contributed by atoms with Crippen molar-refractivity contribution in [2.45, 2.75) is 36.9 Å². The lowest BCUT2D eigenvalue weighted by Crippen LogP contribution is -2.26. The van der Waals surface area contributed by atoms with Gasteiger partial charge < -0.3 is 9.73 Å². The van der Waals surface area contributed by atoms with Crippen molar-refractivity contribution in [3.05, 3.63) is 40.5 Å². The highest BCUT2D eigenvalue weighted by Crippen LogP contribution is 2.25. The van der Waals surface area contributed by atoms with Gasteiger partial charge in [-0.3, -0.25) is 0 Å². The fourth-order valence-corrected chi connectivity index (χ4v) is 4.36. The van der Waals surface area contributed by atoms with Crippen LogP contribution in [0.1, 0.15) is 23.5 Å². The summed E-state index contributed by atoms with van der Waals surface area (Å²) in [6, 6.07) is 5.90. The molecule has 2 heterocycles. The topological polar surface area (TPSA) is 62.6 Å². The first-order valence-corrected chi connectivity index (χ1v) is 9.17. The summed E-state index contributed by atoms with van der Waals surface area (Å²) in [7, 11) is -1.89. The van der Waals surface area contributed by atoms with Crippen molar-refractivity contribution in [1.82, 2.24) is 9.62 Å². The van der Waals surface area contributed by atoms with Crippen molar-refractivity contribution >= 4 is 21.4 Å². The molecule has 114 valence electrons. The van der Waals surface area contributed by atoms with Crippen molar-refractivity contribution < 1.29 is 12.8 Å². The zero-order valence-electron chi connectivity index (χ0n) is 11.8. The van der Waals surface area contributed by atoms with Gasteiger partial charge in [-0.1, -0.05) is 0 Å². The van der Waals surface area contributed by atoms with Crippen LogP contribution in [0.2, 0.25) is 0 Å². The molecule has 0 radical (unpaired) electrons. The smallest absolute Gasteiger partial charge is 0.244 e. The second-order valence-corrected chi connectivity index (χ2v) is 8.29. The van der Waals surface area contributed by atoms with E-state index in [9.17, 15) is 8.42 Å². The third-order valence-corrected chi connectivity index (χ3v) is 6.31. The SMILES string of the molecule is CN(Cc1ccco1)S(=O)(=O)c1csc(CNC2CC2)c1. The van der Waals surface area contributed by atoms with Crippen LogP contribution in [0.4, 0.5) is 0 Å². The Morgan fingerprint density at radius 3 is 2.95 bits per heavy atom. The van der Waals surface area contributed by atoms with Gasteiger partial charge in [-0.2, -0.15) is 4.31 Å². The van der Waals surface area contributed by atoms with Crippen LogP contribution >= 0.6 is 11.3 Å². The lowest BCUT2D eigenvalue weighted by Gasteiger charge is -2.14. The van der Waals surface area contributed by atoms with E-state index in [0.29, 0.717) is 16.7 Å². The Kier molecular flexibility index (Phi) is 4.17. The molecule has 0 aliphatic heterocycles. The summed E-state index contributed by atoms with van der Waals surface area (Å²) in [4.78, 5) is 1.40. The number of furan rings is 1. The van der Waals surface area contributed by atoms with Gasteiger partial charge in [0.15, 0.2) is 0 Å². The van der Waals surface area contributed by atoms with Gasteiger partial charge >= 0.3 is 0 Å². The van der Waals surface area contributed by atoms with E-state index in [4.69, 9.17) is 4.42 Å². The Morgan fingerprint density at radius 2 is 2.29 bits per heavy atom. The van der Waals surface area contributed by atoms with Crippen LogP contribution in [0.25, 0.3) is 0 Å². The quantitative estimate of drug-likeness (QED) is 0.849. The molecule has 1 aliphatic rings. The predicted octanol–water partition coefficient (Wildman–Crippen LogP) is 2.41. The summed E-state index contributed by atoms with van der Waals surface area (Å²) in [6.07, 6.45) is 3.99. The van der Waals surface area contributed by atoms with Gasteiger partial charge in [0.25, 0.3) is 0 Å². The Labute approximate surface area is 128 Å². The Balaban J connectivity index is 1.68. The summed E-state index contributed by atoms with van der Waals surface area (Å²) >= 11 is 1.48. The Hall–Kier alpha value is -1.15. The van der Waals surface area contributed by atoms with Gasteiger partial charge in [0, 0.05) is 29.9 Å². The molecular weight excluding hydrogens is 308 g/mol. The average molecular weight is 326 g/mol. The fourth-order valence-electron chi connectivity index (χ4n) is 2.01. The third-order valence-electron chi connectivity index (χ3n) is 3.44. The standard InChI is InChI=1S/C14H18N2O3S2/c1-16(9-12-3-2-6-19-12)21(17,18)14-7-13(20-10-14)8-15-11-4-5-11/h2-3,6-7,10-11,15H,4-5,8-9H2,1H3. The zero-order chi connectivity index (χ0) is 14.9. The second-order valence-electron chi connectivity index (χ2n) is 5.24. The highest BCUT2D eigenvalue weighted by molar-refractivity contribution is 7.89. The van der Waals surface area contributed by atoms with Crippen LogP contribution in [0.15, 0.2) is 39.2 Å². The van der Waals surface area contributed by atoms with E-state index in [1.807, 2.05) is 0 Å². The fraction of sp³-hybridized carbons (Fsp3) is 0.429. The maximum Gasteiger partial charge on any atom is 0.244 e. The first kappa shape index (κ1) is 14.8. The molecule has 0 saturated heterocycles. The molecule has 1 aliphatic carbocycles. The minimum absolute atomic E-state index is 0.237. The van der Waals surface area contributed by atoms with E-state index in [1.165, 1.54) is 28.5 Å². The summed E-state index contributed by atoms with van der Waals surface area (Å²) in [5, 5.41) is 5.10. The molecule has 0 unspecified atom stereocenters. The van der Waals surface area contributed by atoms with Crippen LogP contribution < -0.4 is 5.32 Å². The van der Waals surface area contributed by atoms with E-state index in [-0.39, 0.29) is 6.54 Å². The molecular formula is C14H18N2O3S2. The normalized spacial score (nSPS) is 15.7. The molecule has 3 rings (SSSR count). The van der Waals surface area contributed by atoms with Crippen LogP contribution in [-0.2, 0) is 23.1 Å². The Morgan fingerprint density at radius 1 is 1.48 bits per heavy atom. The molecule has 7 heteroatoms. The number of rotatable bonds is 7. The van der Waals surface area contributed by atoms with E-state index in [0.717, 1.165) is 11.4 Å². The maximum atomic E-state index is 12.5. The number of nitrogens with zero attached hydrogens (tertiary/aromatic N) is 1. The molecule has 1 N–H and O–H groups in total. The predicted molar refractivity (Wildman–Crippen MR) is 81.5 cm³/mol. The van der Waals surface area contributed by atoms with Crippen LogP contribution in [0.3, 0.4) is 0 Å². The van der Waals surface area contributed by atoms with Gasteiger partial charge in [-0.25, -0.2) is 8.42 Å². The first-order chi connectivity index (χ1) is 10.1. The van der Waals surface area contributed by atoms with Gasteiger partial charge in [0.1, 0.15) is 5.76 Å². The molecule has 1 fully saturated rings. The van der Waals surface area contributed by atoms with Crippen molar-refractivity contribution in [3.63, 3.8) is 0 Å². The van der Waals surface area contributed by atoms with E-state index < -0.39 is 10.0 Å². The minimum Gasteiger partial charge on any atom is -0.468 e. The van der Waals surface area contributed by atoms with Crippen LogP contribution in [0, 0.1) is 0 Å². The molecule has 0 spiro atoms. The first-order valence-electron chi connectivity index (χ1n) is 6.85. The molecule has 1 saturated carbocycles. The number of hydrogen-bond acceptors (Lipinski definition) is 5. The van der Waals surface area contributed by atoms with Crippen molar-refractivity contribution in [2.24, 2.45) is 0 Å². The summed E-state index contributed by atoms with van der Waals surface area (Å²) in [5.74, 6) is 0.631. The number of hydrogen-bond donors (Lipinski definition) is 1. The molecule has 0 aromatic carbocycles. The number of thiophene rings is 1. The monoisotopic (exact) mass is 326 g/mol. The average Bonchev–Trinajstić information content (AvgIpc) is 2.93. The largest absolute Gasteiger partial charge is 0.468 e. The molecule has 0 amide bonds. The molecule has 0 atom stereocenters. The number of nitrogens with one attached hydrogen (secondary N) is 1. The van der Waals surface area contributed by atoms with Crippen LogP contribution in [0.5, 0.6) is 0 Å². The van der Waals surface area contributed by atoms with E-state index >= 15 is 0 Å². The van der Waals surface area contributed by atoms with Crippen molar-refractivity contribution in [3.8, 4) is 0 Å². The highest BCUT2D eigenvalue weighted by Gasteiger charge is 2.24. The molecule has 2 aromatic heterocycles. The molecule has 5 nitrogen and oxygen atoms in total. The van der Waals surface area contributed by atoms with Crippen molar-refractivity contribution in [1.29, 1.82) is 0 Å². The molecule has 21 heavy (non-hydrogen) atoms. The summed E-state index contributed by atoms with van der Waals surface area (Å²) in [5.41, 5.74) is 0. The molecule has 2 aromatic rings.